The molecule has 0 aliphatic carbocycles. The predicted octanol–water partition coefficient (Wildman–Crippen LogP) is 2.90. The summed E-state index contributed by atoms with van der Waals surface area (Å²) in [6, 6.07) is 12.3. The van der Waals surface area contributed by atoms with E-state index in [-0.39, 0.29) is 43.2 Å². The van der Waals surface area contributed by atoms with Crippen molar-refractivity contribution in [2.24, 2.45) is 0 Å². The average molecular weight is 510 g/mol. The van der Waals surface area contributed by atoms with Crippen LogP contribution in [0.5, 0.6) is 0 Å². The van der Waals surface area contributed by atoms with Gasteiger partial charge in [-0.05, 0) is 44.0 Å². The van der Waals surface area contributed by atoms with Gasteiger partial charge in [-0.1, -0.05) is 29.8 Å². The minimum Gasteiger partial charge on any atom is -0.376 e. The Morgan fingerprint density at radius 2 is 1.78 bits per heavy atom. The maximum atomic E-state index is 14.2. The van der Waals surface area contributed by atoms with Gasteiger partial charge in [0.15, 0.2) is 0 Å². The van der Waals surface area contributed by atoms with Gasteiger partial charge in [-0.15, -0.1) is 0 Å². The summed E-state index contributed by atoms with van der Waals surface area (Å²) >= 11 is 0. The van der Waals surface area contributed by atoms with E-state index in [4.69, 9.17) is 9.47 Å². The molecule has 3 amide bonds. The summed E-state index contributed by atoms with van der Waals surface area (Å²) in [7, 11) is 0. The lowest BCUT2D eigenvalue weighted by Gasteiger charge is -2.44. The summed E-state index contributed by atoms with van der Waals surface area (Å²) in [5.41, 5.74) is 0.483. The largest absolute Gasteiger partial charge is 0.376 e. The van der Waals surface area contributed by atoms with Gasteiger partial charge in [-0.25, -0.2) is 4.39 Å². The number of piperidine rings is 1. The molecule has 0 saturated carbocycles. The van der Waals surface area contributed by atoms with Crippen LogP contribution in [0.4, 0.5) is 4.39 Å². The highest BCUT2D eigenvalue weighted by Crippen LogP contribution is 2.39. The van der Waals surface area contributed by atoms with Gasteiger partial charge in [0.1, 0.15) is 17.6 Å². The van der Waals surface area contributed by atoms with E-state index in [2.05, 4.69) is 5.32 Å². The zero-order valence-electron chi connectivity index (χ0n) is 21.0. The van der Waals surface area contributed by atoms with Crippen LogP contribution >= 0.6 is 0 Å². The van der Waals surface area contributed by atoms with Gasteiger partial charge in [0.25, 0.3) is 11.8 Å². The second-order valence-corrected chi connectivity index (χ2v) is 9.97. The Morgan fingerprint density at radius 3 is 2.46 bits per heavy atom. The molecule has 3 heterocycles. The second-order valence-electron chi connectivity index (χ2n) is 9.97. The van der Waals surface area contributed by atoms with Crippen LogP contribution in [0.25, 0.3) is 0 Å². The van der Waals surface area contributed by atoms with E-state index in [0.717, 1.165) is 18.4 Å². The monoisotopic (exact) mass is 509 g/mol. The SMILES string of the molecule is Cc1ccc(C(=O)N2[C@@H](C(=O)NC[C@H]3CCCO3)COC23CCN(C(=O)c2ccccc2F)CC3)cc1. The number of rotatable bonds is 5. The minimum atomic E-state index is -1.03. The lowest BCUT2D eigenvalue weighted by atomic mass is 9.96. The molecule has 9 heteroatoms. The number of nitrogens with zero attached hydrogens (tertiary/aromatic N) is 2. The molecule has 0 unspecified atom stereocenters. The van der Waals surface area contributed by atoms with Gasteiger partial charge in [-0.2, -0.15) is 0 Å². The fraction of sp³-hybridized carbons (Fsp3) is 0.464. The summed E-state index contributed by atoms with van der Waals surface area (Å²) < 4.78 is 26.1. The Hall–Kier alpha value is -3.30. The summed E-state index contributed by atoms with van der Waals surface area (Å²) in [4.78, 5) is 43.2. The first-order valence-corrected chi connectivity index (χ1v) is 12.9. The molecular formula is C28H32FN3O5. The van der Waals surface area contributed by atoms with E-state index in [0.29, 0.717) is 31.6 Å². The molecule has 1 N–H and O–H groups in total. The highest BCUT2D eigenvalue weighted by Gasteiger charge is 2.54. The minimum absolute atomic E-state index is 0.0183. The highest BCUT2D eigenvalue weighted by atomic mass is 19.1. The molecule has 1 spiro atoms. The van der Waals surface area contributed by atoms with E-state index in [1.165, 1.54) is 12.1 Å². The zero-order valence-corrected chi connectivity index (χ0v) is 21.0. The van der Waals surface area contributed by atoms with Gasteiger partial charge in [0.05, 0.1) is 18.3 Å². The van der Waals surface area contributed by atoms with Crippen molar-refractivity contribution in [3.63, 3.8) is 0 Å². The maximum absolute atomic E-state index is 14.2. The van der Waals surface area contributed by atoms with Crippen LogP contribution in [0.3, 0.4) is 0 Å². The molecular weight excluding hydrogens is 477 g/mol. The second kappa shape index (κ2) is 10.6. The molecule has 0 bridgehead atoms. The molecule has 5 rings (SSSR count). The maximum Gasteiger partial charge on any atom is 0.256 e. The Balaban J connectivity index is 1.35. The van der Waals surface area contributed by atoms with Crippen molar-refractivity contribution in [3.05, 3.63) is 71.0 Å². The fourth-order valence-electron chi connectivity index (χ4n) is 5.40. The molecule has 8 nitrogen and oxygen atoms in total. The molecule has 3 aliphatic rings. The van der Waals surface area contributed by atoms with Crippen molar-refractivity contribution >= 4 is 17.7 Å². The zero-order chi connectivity index (χ0) is 26.0. The lowest BCUT2D eigenvalue weighted by Crippen LogP contribution is -2.60. The summed E-state index contributed by atoms with van der Waals surface area (Å²) in [6.07, 6.45) is 2.48. The number of aryl methyl sites for hydroxylation is 1. The van der Waals surface area contributed by atoms with Crippen LogP contribution in [0.2, 0.25) is 0 Å². The molecule has 196 valence electrons. The number of amides is 3. The molecule has 3 aliphatic heterocycles. The predicted molar refractivity (Wildman–Crippen MR) is 133 cm³/mol. The smallest absolute Gasteiger partial charge is 0.256 e. The van der Waals surface area contributed by atoms with Crippen LogP contribution in [-0.2, 0) is 14.3 Å². The number of halogens is 1. The summed E-state index contributed by atoms with van der Waals surface area (Å²) in [5, 5.41) is 2.94. The Kier molecular flexibility index (Phi) is 7.26. The van der Waals surface area contributed by atoms with E-state index in [9.17, 15) is 18.8 Å². The van der Waals surface area contributed by atoms with Crippen molar-refractivity contribution in [2.45, 2.75) is 50.5 Å². The third-order valence-electron chi connectivity index (χ3n) is 7.54. The number of nitrogens with one attached hydrogen (secondary N) is 1. The first-order valence-electron chi connectivity index (χ1n) is 12.9. The number of hydrogen-bond acceptors (Lipinski definition) is 5. The van der Waals surface area contributed by atoms with Crippen LogP contribution in [-0.4, -0.2) is 78.2 Å². The van der Waals surface area contributed by atoms with Crippen LogP contribution in [0.1, 0.15) is 52.0 Å². The van der Waals surface area contributed by atoms with E-state index < -0.39 is 23.5 Å². The van der Waals surface area contributed by atoms with Gasteiger partial charge in [0.2, 0.25) is 5.91 Å². The number of benzene rings is 2. The van der Waals surface area contributed by atoms with Gasteiger partial charge in [-0.3, -0.25) is 19.3 Å². The molecule has 2 aromatic rings. The quantitative estimate of drug-likeness (QED) is 0.670. The van der Waals surface area contributed by atoms with Crippen molar-refractivity contribution < 1.29 is 28.2 Å². The summed E-state index contributed by atoms with van der Waals surface area (Å²) in [6.45, 7) is 3.63. The lowest BCUT2D eigenvalue weighted by molar-refractivity contribution is -0.128. The third-order valence-corrected chi connectivity index (χ3v) is 7.54. The molecule has 37 heavy (non-hydrogen) atoms. The van der Waals surface area contributed by atoms with Gasteiger partial charge in [0, 0.05) is 44.6 Å². The molecule has 3 saturated heterocycles. The first-order chi connectivity index (χ1) is 17.9. The molecule has 0 radical (unpaired) electrons. The van der Waals surface area contributed by atoms with Gasteiger partial charge < -0.3 is 19.7 Å². The van der Waals surface area contributed by atoms with Crippen LogP contribution in [0.15, 0.2) is 48.5 Å². The van der Waals surface area contributed by atoms with Crippen molar-refractivity contribution in [2.75, 3.05) is 32.8 Å². The number of carbonyl (C=O) groups is 3. The first kappa shape index (κ1) is 25.4. The van der Waals surface area contributed by atoms with E-state index in [1.807, 2.05) is 19.1 Å². The normalized spacial score (nSPS) is 22.9. The Labute approximate surface area is 215 Å². The fourth-order valence-corrected chi connectivity index (χ4v) is 5.40. The van der Waals surface area contributed by atoms with Crippen molar-refractivity contribution in [3.8, 4) is 0 Å². The number of hydrogen-bond donors (Lipinski definition) is 1. The summed E-state index contributed by atoms with van der Waals surface area (Å²) in [5.74, 6) is -1.53. The van der Waals surface area contributed by atoms with Crippen molar-refractivity contribution in [1.82, 2.24) is 15.1 Å². The van der Waals surface area contributed by atoms with Crippen LogP contribution < -0.4 is 5.32 Å². The van der Waals surface area contributed by atoms with Crippen molar-refractivity contribution in [1.29, 1.82) is 0 Å². The van der Waals surface area contributed by atoms with E-state index >= 15 is 0 Å². The molecule has 0 aromatic heterocycles. The molecule has 3 fully saturated rings. The number of likely N-dealkylation sites (tertiary alicyclic amines) is 1. The van der Waals surface area contributed by atoms with Gasteiger partial charge >= 0.3 is 0 Å². The number of carbonyl (C=O) groups excluding carboxylic acids is 3. The Bertz CT molecular complexity index is 1160. The number of ether oxygens (including phenoxy) is 2. The standard InChI is InChI=1S/C28H32FN3O5/c1-19-8-10-20(11-9-19)26(34)32-24(25(33)30-17-21-5-4-16-36-21)18-37-28(32)12-14-31(15-13-28)27(35)22-6-2-3-7-23(22)29/h2-3,6-11,21,24H,4-5,12-18H2,1H3,(H,30,33)/t21-,24-/m1/s1. The molecule has 2 aromatic carbocycles. The molecule has 2 atom stereocenters. The Morgan fingerprint density at radius 1 is 1.05 bits per heavy atom. The van der Waals surface area contributed by atoms with Crippen LogP contribution in [0, 0.1) is 12.7 Å². The topological polar surface area (TPSA) is 88.2 Å². The average Bonchev–Trinajstić information content (AvgIpc) is 3.56. The third kappa shape index (κ3) is 5.10. The highest BCUT2D eigenvalue weighted by molar-refractivity contribution is 5.98. The van der Waals surface area contributed by atoms with E-state index in [1.54, 1.807) is 34.1 Å².